The molecule has 1 aromatic rings. The predicted octanol–water partition coefficient (Wildman–Crippen LogP) is 5.53. The Balaban J connectivity index is 3.33. The van der Waals surface area contributed by atoms with Gasteiger partial charge >= 0.3 is 12.1 Å². The minimum absolute atomic E-state index is 0.0961. The summed E-state index contributed by atoms with van der Waals surface area (Å²) in [6, 6.07) is 1.26. The number of aliphatic imine (C=N–C) groups is 1. The van der Waals surface area contributed by atoms with Crippen LogP contribution in [-0.4, -0.2) is 30.7 Å². The van der Waals surface area contributed by atoms with E-state index in [1.807, 2.05) is 0 Å². The van der Waals surface area contributed by atoms with Crippen molar-refractivity contribution < 1.29 is 35.9 Å². The Morgan fingerprint density at radius 1 is 1.29 bits per heavy atom. The third-order valence-electron chi connectivity index (χ3n) is 3.42. The number of hydrogen-bond acceptors (Lipinski definition) is 4. The maximum Gasteiger partial charge on any atom is 0.389 e. The molecule has 1 rings (SSSR count). The maximum atomic E-state index is 14.2. The zero-order valence-corrected chi connectivity index (χ0v) is 15.8. The Morgan fingerprint density at radius 3 is 2.43 bits per heavy atom. The van der Waals surface area contributed by atoms with Gasteiger partial charge in [0.1, 0.15) is 11.5 Å². The van der Waals surface area contributed by atoms with E-state index in [1.165, 1.54) is 6.92 Å². The van der Waals surface area contributed by atoms with Crippen molar-refractivity contribution in [3.63, 3.8) is 0 Å². The lowest BCUT2D eigenvalue weighted by atomic mass is 10.0. The largest absolute Gasteiger partial charge is 0.464 e. The van der Waals surface area contributed by atoms with Gasteiger partial charge in [-0.15, -0.1) is 11.8 Å². The molecule has 0 heterocycles. The van der Waals surface area contributed by atoms with Crippen molar-refractivity contribution in [3.05, 3.63) is 59.6 Å². The van der Waals surface area contributed by atoms with Crippen LogP contribution in [0.3, 0.4) is 0 Å². The van der Waals surface area contributed by atoms with E-state index in [0.29, 0.717) is 23.9 Å². The van der Waals surface area contributed by atoms with Crippen molar-refractivity contribution >= 4 is 23.4 Å². The quantitative estimate of drug-likeness (QED) is 0.238. The highest BCUT2D eigenvalue weighted by Crippen LogP contribution is 2.40. The number of hydrogen-bond donors (Lipinski definition) is 0. The summed E-state index contributed by atoms with van der Waals surface area (Å²) >= 11 is 0.574. The van der Waals surface area contributed by atoms with Gasteiger partial charge in [0.05, 0.1) is 18.8 Å². The molecular formula is C18H17F6NO2S. The molecule has 1 atom stereocenters. The first-order chi connectivity index (χ1) is 13.0. The molecule has 10 heteroatoms. The van der Waals surface area contributed by atoms with Gasteiger partial charge in [-0.05, 0) is 30.7 Å². The van der Waals surface area contributed by atoms with Crippen LogP contribution in [0.25, 0.3) is 0 Å². The molecule has 0 fully saturated rings. The van der Waals surface area contributed by atoms with E-state index in [1.54, 1.807) is 0 Å². The number of methoxy groups -OCH3 is 1. The first kappa shape index (κ1) is 23.8. The smallest absolute Gasteiger partial charge is 0.389 e. The van der Waals surface area contributed by atoms with E-state index in [4.69, 9.17) is 0 Å². The second-order valence-corrected chi connectivity index (χ2v) is 6.67. The number of ether oxygens (including phenoxy) is 1. The monoisotopic (exact) mass is 425 g/mol. The molecule has 3 nitrogen and oxygen atoms in total. The van der Waals surface area contributed by atoms with E-state index in [2.05, 4.69) is 16.3 Å². The molecule has 0 radical (unpaired) electrons. The van der Waals surface area contributed by atoms with Gasteiger partial charge in [0.2, 0.25) is 0 Å². The van der Waals surface area contributed by atoms with E-state index >= 15 is 0 Å². The van der Waals surface area contributed by atoms with Crippen LogP contribution in [0.1, 0.15) is 24.2 Å². The van der Waals surface area contributed by atoms with Gasteiger partial charge < -0.3 is 4.74 Å². The second kappa shape index (κ2) is 10.4. The zero-order chi connectivity index (χ0) is 21.5. The van der Waals surface area contributed by atoms with E-state index in [9.17, 15) is 31.1 Å². The number of alkyl halides is 3. The number of halogens is 6. The highest BCUT2D eigenvalue weighted by Gasteiger charge is 2.29. The summed E-state index contributed by atoms with van der Waals surface area (Å²) in [5.74, 6) is -5.31. The van der Waals surface area contributed by atoms with Crippen molar-refractivity contribution in [2.75, 3.05) is 12.9 Å². The Bertz CT molecular complexity index is 789. The Labute approximate surface area is 162 Å². The molecule has 0 amide bonds. The lowest BCUT2D eigenvalue weighted by Crippen LogP contribution is -2.13. The van der Waals surface area contributed by atoms with Gasteiger partial charge in [0.25, 0.3) is 0 Å². The zero-order valence-electron chi connectivity index (χ0n) is 14.9. The molecule has 1 aromatic carbocycles. The molecule has 0 aliphatic rings. The first-order valence-corrected chi connectivity index (χ1v) is 8.83. The summed E-state index contributed by atoms with van der Waals surface area (Å²) in [4.78, 5) is 15.3. The minimum atomic E-state index is -4.47. The van der Waals surface area contributed by atoms with Gasteiger partial charge in [-0.3, -0.25) is 0 Å². The van der Waals surface area contributed by atoms with Gasteiger partial charge in [-0.25, -0.2) is 23.0 Å². The second-order valence-electron chi connectivity index (χ2n) is 5.46. The fourth-order valence-corrected chi connectivity index (χ4v) is 3.34. The van der Waals surface area contributed by atoms with Crippen molar-refractivity contribution in [1.29, 1.82) is 0 Å². The summed E-state index contributed by atoms with van der Waals surface area (Å²) in [5.41, 5.74) is -0.853. The van der Waals surface area contributed by atoms with E-state index in [0.717, 1.165) is 19.4 Å². The van der Waals surface area contributed by atoms with Gasteiger partial charge in [-0.1, -0.05) is 6.58 Å². The van der Waals surface area contributed by atoms with Crippen LogP contribution >= 0.6 is 11.8 Å². The maximum absolute atomic E-state index is 14.2. The van der Waals surface area contributed by atoms with Gasteiger partial charge in [0.15, 0.2) is 11.6 Å². The summed E-state index contributed by atoms with van der Waals surface area (Å²) in [7, 11) is 1.10. The number of benzene rings is 1. The molecule has 0 spiro atoms. The first-order valence-electron chi connectivity index (χ1n) is 7.78. The number of carbonyl (C=O) groups is 1. The van der Waals surface area contributed by atoms with Gasteiger partial charge in [0, 0.05) is 17.5 Å². The molecule has 0 aliphatic carbocycles. The molecule has 28 heavy (non-hydrogen) atoms. The molecular weight excluding hydrogens is 408 g/mol. The van der Waals surface area contributed by atoms with Crippen molar-refractivity contribution in [2.24, 2.45) is 4.99 Å². The van der Waals surface area contributed by atoms with Crippen LogP contribution in [0, 0.1) is 17.5 Å². The van der Waals surface area contributed by atoms with E-state index in [-0.39, 0.29) is 11.3 Å². The molecule has 0 saturated heterocycles. The fourth-order valence-electron chi connectivity index (χ4n) is 2.05. The predicted molar refractivity (Wildman–Crippen MR) is 95.6 cm³/mol. The average Bonchev–Trinajstić information content (AvgIpc) is 2.62. The Morgan fingerprint density at radius 2 is 1.89 bits per heavy atom. The van der Waals surface area contributed by atoms with Crippen molar-refractivity contribution in [2.45, 2.75) is 24.8 Å². The number of nitrogens with zero attached hydrogens (tertiary/aromatic N) is 1. The van der Waals surface area contributed by atoms with Crippen LogP contribution < -0.4 is 0 Å². The number of esters is 1. The third-order valence-corrected chi connectivity index (χ3v) is 4.80. The van der Waals surface area contributed by atoms with Crippen LogP contribution in [-0.2, 0) is 9.53 Å². The Kier molecular flexibility index (Phi) is 8.80. The lowest BCUT2D eigenvalue weighted by Gasteiger charge is -2.20. The molecule has 154 valence electrons. The van der Waals surface area contributed by atoms with Crippen LogP contribution in [0.2, 0.25) is 0 Å². The number of carbonyl (C=O) groups excluding carboxylic acids is 1. The van der Waals surface area contributed by atoms with Gasteiger partial charge in [-0.2, -0.15) is 13.2 Å². The van der Waals surface area contributed by atoms with Crippen LogP contribution in [0.5, 0.6) is 0 Å². The molecule has 0 bridgehead atoms. The topological polar surface area (TPSA) is 38.7 Å². The average molecular weight is 425 g/mol. The summed E-state index contributed by atoms with van der Waals surface area (Å²) in [6.07, 6.45) is -3.55. The fraction of sp³-hybridized carbons (Fsp3) is 0.333. The standard InChI is InChI=1S/C18H17F6NO2S/c1-4-13(17(26)27-3)25-9-10(2)16(28-8-7-18(22,23)24)14-11(19)5-6-12(20)15(14)21/h4-6,9,16H,1,7-8H2,2-3H3/b10-9+,25-13+. The molecule has 1 unspecified atom stereocenters. The third kappa shape index (κ3) is 6.74. The minimum Gasteiger partial charge on any atom is -0.464 e. The number of thioether (sulfide) groups is 1. The van der Waals surface area contributed by atoms with Crippen LogP contribution in [0.4, 0.5) is 26.3 Å². The lowest BCUT2D eigenvalue weighted by molar-refractivity contribution is -0.132. The molecule has 0 saturated carbocycles. The highest BCUT2D eigenvalue weighted by atomic mass is 32.2. The Hall–Kier alpha value is -2.23. The van der Waals surface area contributed by atoms with E-state index < -0.39 is 52.6 Å². The molecule has 0 aliphatic heterocycles. The van der Waals surface area contributed by atoms with Crippen LogP contribution in [0.15, 0.2) is 41.6 Å². The SMILES string of the molecule is C=C/C(=N\C=C(/C)C(SCCC(F)(F)F)c1c(F)ccc(F)c1F)C(=O)OC. The molecule has 0 aromatic heterocycles. The molecule has 0 N–H and O–H groups in total. The normalized spacial score (nSPS) is 14.0. The number of rotatable bonds is 8. The summed E-state index contributed by atoms with van der Waals surface area (Å²) < 4.78 is 83.7. The van der Waals surface area contributed by atoms with Crippen molar-refractivity contribution in [3.8, 4) is 0 Å². The summed E-state index contributed by atoms with van der Waals surface area (Å²) in [5, 5.41) is -1.30. The van der Waals surface area contributed by atoms with Crippen molar-refractivity contribution in [1.82, 2.24) is 0 Å². The summed E-state index contributed by atoms with van der Waals surface area (Å²) in [6.45, 7) is 4.71. The highest BCUT2D eigenvalue weighted by molar-refractivity contribution is 7.99.